The van der Waals surface area contributed by atoms with E-state index in [-0.39, 0.29) is 11.9 Å². The molecule has 1 aromatic heterocycles. The molecule has 0 unspecified atom stereocenters. The van der Waals surface area contributed by atoms with Crippen LogP contribution in [0.15, 0.2) is 29.1 Å². The molecule has 0 aliphatic rings. The van der Waals surface area contributed by atoms with Crippen molar-refractivity contribution in [3.8, 4) is 0 Å². The Morgan fingerprint density at radius 1 is 1.42 bits per heavy atom. The van der Waals surface area contributed by atoms with Gasteiger partial charge >= 0.3 is 0 Å². The standard InChI is InChI=1S/C14H18FN3S/c1-10(2)18(3)14-5-4-11(6-13(14)15)16-7-12-8-19-9-17-12/h4-6,8-10,16H,7H2,1-3H3. The Balaban J connectivity index is 2.06. The minimum absolute atomic E-state index is 0.209. The van der Waals surface area contributed by atoms with Crippen LogP contribution in [0, 0.1) is 5.82 Å². The number of aromatic nitrogens is 1. The fourth-order valence-electron chi connectivity index (χ4n) is 1.70. The first-order valence-corrected chi connectivity index (χ1v) is 7.15. The Labute approximate surface area is 117 Å². The third-order valence-corrected chi connectivity index (χ3v) is 3.69. The number of thiazole rings is 1. The second kappa shape index (κ2) is 6.02. The van der Waals surface area contributed by atoms with Gasteiger partial charge in [0.1, 0.15) is 5.82 Å². The van der Waals surface area contributed by atoms with Gasteiger partial charge in [0.05, 0.1) is 23.4 Å². The van der Waals surface area contributed by atoms with Crippen molar-refractivity contribution in [2.75, 3.05) is 17.3 Å². The molecule has 5 heteroatoms. The van der Waals surface area contributed by atoms with Crippen LogP contribution in [0.4, 0.5) is 15.8 Å². The molecule has 0 aliphatic heterocycles. The van der Waals surface area contributed by atoms with Gasteiger partial charge in [-0.25, -0.2) is 9.37 Å². The lowest BCUT2D eigenvalue weighted by molar-refractivity contribution is 0.614. The van der Waals surface area contributed by atoms with Crippen molar-refractivity contribution in [2.24, 2.45) is 0 Å². The molecule has 0 fully saturated rings. The summed E-state index contributed by atoms with van der Waals surface area (Å²) >= 11 is 1.56. The minimum Gasteiger partial charge on any atom is -0.379 e. The molecule has 0 saturated heterocycles. The van der Waals surface area contributed by atoms with E-state index in [1.807, 2.05) is 37.2 Å². The van der Waals surface area contributed by atoms with Crippen molar-refractivity contribution in [2.45, 2.75) is 26.4 Å². The van der Waals surface area contributed by atoms with Crippen LogP contribution in [-0.4, -0.2) is 18.1 Å². The number of nitrogens with one attached hydrogen (secondary N) is 1. The lowest BCUT2D eigenvalue weighted by Crippen LogP contribution is -2.26. The highest BCUT2D eigenvalue weighted by Crippen LogP contribution is 2.23. The molecule has 1 heterocycles. The predicted octanol–water partition coefficient (Wildman–Crippen LogP) is 3.74. The highest BCUT2D eigenvalue weighted by Gasteiger charge is 2.10. The molecule has 0 radical (unpaired) electrons. The maximum atomic E-state index is 14.0. The molecule has 3 nitrogen and oxygen atoms in total. The fraction of sp³-hybridized carbons (Fsp3) is 0.357. The van der Waals surface area contributed by atoms with E-state index in [1.54, 1.807) is 22.9 Å². The van der Waals surface area contributed by atoms with Gasteiger partial charge in [0.25, 0.3) is 0 Å². The number of anilines is 2. The zero-order valence-corrected chi connectivity index (χ0v) is 12.2. The van der Waals surface area contributed by atoms with Gasteiger partial charge in [-0.3, -0.25) is 0 Å². The van der Waals surface area contributed by atoms with Crippen LogP contribution >= 0.6 is 11.3 Å². The lowest BCUT2D eigenvalue weighted by Gasteiger charge is -2.24. The van der Waals surface area contributed by atoms with E-state index in [9.17, 15) is 4.39 Å². The topological polar surface area (TPSA) is 28.2 Å². The summed E-state index contributed by atoms with van der Waals surface area (Å²) in [5.74, 6) is -0.209. The SMILES string of the molecule is CC(C)N(C)c1ccc(NCc2cscn2)cc1F. The van der Waals surface area contributed by atoms with Crippen molar-refractivity contribution in [3.05, 3.63) is 40.6 Å². The van der Waals surface area contributed by atoms with Crippen LogP contribution < -0.4 is 10.2 Å². The summed E-state index contributed by atoms with van der Waals surface area (Å²) in [6.07, 6.45) is 0. The summed E-state index contributed by atoms with van der Waals surface area (Å²) in [6.45, 7) is 4.68. The molecular formula is C14H18FN3S. The van der Waals surface area contributed by atoms with Gasteiger partial charge in [0, 0.05) is 24.2 Å². The zero-order chi connectivity index (χ0) is 13.8. The van der Waals surface area contributed by atoms with Gasteiger partial charge in [-0.2, -0.15) is 0 Å². The second-order valence-electron chi connectivity index (χ2n) is 4.70. The van der Waals surface area contributed by atoms with Crippen LogP contribution in [0.3, 0.4) is 0 Å². The molecule has 0 aliphatic carbocycles. The lowest BCUT2D eigenvalue weighted by atomic mass is 10.2. The normalized spacial score (nSPS) is 10.8. The van der Waals surface area contributed by atoms with Crippen molar-refractivity contribution < 1.29 is 4.39 Å². The number of halogens is 1. The molecule has 0 saturated carbocycles. The molecule has 1 aromatic carbocycles. The smallest absolute Gasteiger partial charge is 0.148 e. The maximum Gasteiger partial charge on any atom is 0.148 e. The minimum atomic E-state index is -0.209. The zero-order valence-electron chi connectivity index (χ0n) is 11.4. The Kier molecular flexibility index (Phi) is 4.37. The third-order valence-electron chi connectivity index (χ3n) is 3.06. The fourth-order valence-corrected chi connectivity index (χ4v) is 2.26. The number of hydrogen-bond donors (Lipinski definition) is 1. The molecule has 102 valence electrons. The summed E-state index contributed by atoms with van der Waals surface area (Å²) < 4.78 is 14.0. The number of nitrogens with zero attached hydrogens (tertiary/aromatic N) is 2. The summed E-state index contributed by atoms with van der Waals surface area (Å²) in [4.78, 5) is 6.09. The highest BCUT2D eigenvalue weighted by molar-refractivity contribution is 7.07. The highest BCUT2D eigenvalue weighted by atomic mass is 32.1. The third kappa shape index (κ3) is 3.44. The van der Waals surface area contributed by atoms with E-state index < -0.39 is 0 Å². The Hall–Kier alpha value is -1.62. The number of benzene rings is 1. The van der Waals surface area contributed by atoms with Gasteiger partial charge in [0.2, 0.25) is 0 Å². The molecule has 0 atom stereocenters. The van der Waals surface area contributed by atoms with Gasteiger partial charge < -0.3 is 10.2 Å². The summed E-state index contributed by atoms with van der Waals surface area (Å²) in [5, 5.41) is 5.15. The van der Waals surface area contributed by atoms with Gasteiger partial charge in [0.15, 0.2) is 0 Å². The molecule has 2 aromatic rings. The Bertz CT molecular complexity index is 525. The molecular weight excluding hydrogens is 261 g/mol. The maximum absolute atomic E-state index is 14.0. The monoisotopic (exact) mass is 279 g/mol. The van der Waals surface area contributed by atoms with Gasteiger partial charge in [-0.05, 0) is 32.0 Å². The van der Waals surface area contributed by atoms with Gasteiger partial charge in [-0.15, -0.1) is 11.3 Å². The first kappa shape index (κ1) is 13.8. The van der Waals surface area contributed by atoms with E-state index in [0.29, 0.717) is 12.2 Å². The molecule has 0 bridgehead atoms. The van der Waals surface area contributed by atoms with E-state index in [4.69, 9.17) is 0 Å². The summed E-state index contributed by atoms with van der Waals surface area (Å²) in [7, 11) is 1.89. The Morgan fingerprint density at radius 3 is 2.79 bits per heavy atom. The summed E-state index contributed by atoms with van der Waals surface area (Å²) in [6, 6.07) is 5.49. The van der Waals surface area contributed by atoms with Crippen molar-refractivity contribution in [1.82, 2.24) is 4.98 Å². The average Bonchev–Trinajstić information content (AvgIpc) is 2.88. The quantitative estimate of drug-likeness (QED) is 0.903. The van der Waals surface area contributed by atoms with Crippen LogP contribution in [-0.2, 0) is 6.54 Å². The second-order valence-corrected chi connectivity index (χ2v) is 5.42. The molecule has 0 amide bonds. The Morgan fingerprint density at radius 2 is 2.21 bits per heavy atom. The average molecular weight is 279 g/mol. The first-order valence-electron chi connectivity index (χ1n) is 6.21. The molecule has 1 N–H and O–H groups in total. The van der Waals surface area contributed by atoms with Crippen molar-refractivity contribution in [3.63, 3.8) is 0 Å². The largest absolute Gasteiger partial charge is 0.379 e. The summed E-state index contributed by atoms with van der Waals surface area (Å²) in [5.41, 5.74) is 4.15. The molecule has 19 heavy (non-hydrogen) atoms. The predicted molar refractivity (Wildman–Crippen MR) is 79.4 cm³/mol. The van der Waals surface area contributed by atoms with Crippen LogP contribution in [0.1, 0.15) is 19.5 Å². The number of rotatable bonds is 5. The van der Waals surface area contributed by atoms with Crippen molar-refractivity contribution in [1.29, 1.82) is 0 Å². The van der Waals surface area contributed by atoms with Crippen LogP contribution in [0.25, 0.3) is 0 Å². The molecule has 2 rings (SSSR count). The van der Waals surface area contributed by atoms with Crippen LogP contribution in [0.2, 0.25) is 0 Å². The molecule has 0 spiro atoms. The van der Waals surface area contributed by atoms with Crippen LogP contribution in [0.5, 0.6) is 0 Å². The van der Waals surface area contributed by atoms with E-state index in [2.05, 4.69) is 10.3 Å². The van der Waals surface area contributed by atoms with E-state index in [1.165, 1.54) is 6.07 Å². The van der Waals surface area contributed by atoms with E-state index in [0.717, 1.165) is 11.4 Å². The number of hydrogen-bond acceptors (Lipinski definition) is 4. The van der Waals surface area contributed by atoms with Crippen molar-refractivity contribution >= 4 is 22.7 Å². The van der Waals surface area contributed by atoms with Gasteiger partial charge in [-0.1, -0.05) is 0 Å². The first-order chi connectivity index (χ1) is 9.08. The van der Waals surface area contributed by atoms with E-state index >= 15 is 0 Å².